The van der Waals surface area contributed by atoms with E-state index in [-0.39, 0.29) is 11.5 Å². The lowest BCUT2D eigenvalue weighted by Crippen LogP contribution is -2.24. The van der Waals surface area contributed by atoms with Crippen LogP contribution in [0.3, 0.4) is 0 Å². The first-order valence-electron chi connectivity index (χ1n) is 6.16. The second-order valence-corrected chi connectivity index (χ2v) is 4.37. The summed E-state index contributed by atoms with van der Waals surface area (Å²) in [5.41, 5.74) is 1.65. The molecule has 0 radical (unpaired) electrons. The van der Waals surface area contributed by atoms with Gasteiger partial charge in [0.1, 0.15) is 0 Å². The van der Waals surface area contributed by atoms with Crippen LogP contribution in [-0.2, 0) is 4.74 Å². The minimum absolute atomic E-state index is 0.0797. The van der Waals surface area contributed by atoms with Crippen LogP contribution >= 0.6 is 0 Å². The third kappa shape index (κ3) is 3.26. The zero-order valence-corrected chi connectivity index (χ0v) is 11.2. The van der Waals surface area contributed by atoms with Gasteiger partial charge in [-0.15, -0.1) is 0 Å². The Morgan fingerprint density at radius 2 is 1.85 bits per heavy atom. The van der Waals surface area contributed by atoms with E-state index >= 15 is 0 Å². The fraction of sp³-hybridized carbons (Fsp3) is 0.200. The van der Waals surface area contributed by atoms with Gasteiger partial charge in [-0.1, -0.05) is 29.8 Å². The Bertz CT molecular complexity index is 609. The molecule has 0 bridgehead atoms. The Balaban J connectivity index is 2.05. The van der Waals surface area contributed by atoms with E-state index in [9.17, 15) is 9.59 Å². The molecule has 2 aromatic rings. The Hall–Kier alpha value is -2.56. The van der Waals surface area contributed by atoms with Gasteiger partial charge in [0.25, 0.3) is 0 Å². The SMILES string of the molecule is Cc1ccc(C(=O)[C@H](C)OC(=O)c2cnccn2)cc1. The molecular weight excluding hydrogens is 256 g/mol. The molecule has 0 fully saturated rings. The van der Waals surface area contributed by atoms with Crippen LogP contribution in [0.1, 0.15) is 33.3 Å². The number of esters is 1. The van der Waals surface area contributed by atoms with E-state index < -0.39 is 12.1 Å². The molecule has 102 valence electrons. The number of ether oxygens (including phenoxy) is 1. The molecule has 0 spiro atoms. The molecule has 0 aliphatic carbocycles. The van der Waals surface area contributed by atoms with Crippen LogP contribution in [0.5, 0.6) is 0 Å². The van der Waals surface area contributed by atoms with Gasteiger partial charge in [0, 0.05) is 18.0 Å². The maximum Gasteiger partial charge on any atom is 0.359 e. The van der Waals surface area contributed by atoms with Crippen molar-refractivity contribution in [3.63, 3.8) is 0 Å². The van der Waals surface area contributed by atoms with E-state index in [0.717, 1.165) is 5.56 Å². The highest BCUT2D eigenvalue weighted by Crippen LogP contribution is 2.09. The minimum atomic E-state index is -0.868. The van der Waals surface area contributed by atoms with Crippen molar-refractivity contribution in [1.29, 1.82) is 0 Å². The van der Waals surface area contributed by atoms with Crippen molar-refractivity contribution in [2.24, 2.45) is 0 Å². The topological polar surface area (TPSA) is 69.2 Å². The van der Waals surface area contributed by atoms with Crippen LogP contribution in [0, 0.1) is 6.92 Å². The number of ketones is 1. The van der Waals surface area contributed by atoms with Crippen molar-refractivity contribution < 1.29 is 14.3 Å². The number of hydrogen-bond acceptors (Lipinski definition) is 5. The molecule has 0 N–H and O–H groups in total. The second kappa shape index (κ2) is 6.06. The minimum Gasteiger partial charge on any atom is -0.449 e. The van der Waals surface area contributed by atoms with Gasteiger partial charge in [-0.05, 0) is 13.8 Å². The summed E-state index contributed by atoms with van der Waals surface area (Å²) in [5.74, 6) is -0.909. The quantitative estimate of drug-likeness (QED) is 0.629. The number of benzene rings is 1. The first-order chi connectivity index (χ1) is 9.58. The van der Waals surface area contributed by atoms with Crippen molar-refractivity contribution in [3.05, 3.63) is 59.7 Å². The highest BCUT2D eigenvalue weighted by atomic mass is 16.5. The zero-order valence-electron chi connectivity index (χ0n) is 11.2. The van der Waals surface area contributed by atoms with Crippen LogP contribution in [0.15, 0.2) is 42.9 Å². The lowest BCUT2D eigenvalue weighted by molar-refractivity contribution is 0.0312. The first kappa shape index (κ1) is 13.9. The smallest absolute Gasteiger partial charge is 0.359 e. The number of aryl methyl sites for hydroxylation is 1. The third-order valence-electron chi connectivity index (χ3n) is 2.76. The standard InChI is InChI=1S/C15H14N2O3/c1-10-3-5-12(6-4-10)14(18)11(2)20-15(19)13-9-16-7-8-17-13/h3-9,11H,1-2H3/t11-/m0/s1. The fourth-order valence-corrected chi connectivity index (χ4v) is 1.63. The maximum absolute atomic E-state index is 12.1. The maximum atomic E-state index is 12.1. The molecule has 0 unspecified atom stereocenters. The molecule has 0 aliphatic heterocycles. The van der Waals surface area contributed by atoms with Gasteiger partial charge in [-0.2, -0.15) is 0 Å². The Labute approximate surface area is 116 Å². The predicted octanol–water partition coefficient (Wildman–Crippen LogP) is 2.21. The number of Topliss-reactive ketones (excluding diaryl/α,β-unsaturated/α-hetero) is 1. The number of carbonyl (C=O) groups is 2. The van der Waals surface area contributed by atoms with Crippen molar-refractivity contribution >= 4 is 11.8 Å². The van der Waals surface area contributed by atoms with Gasteiger partial charge in [0.15, 0.2) is 11.8 Å². The lowest BCUT2D eigenvalue weighted by atomic mass is 10.1. The monoisotopic (exact) mass is 270 g/mol. The molecule has 2 rings (SSSR count). The molecule has 20 heavy (non-hydrogen) atoms. The summed E-state index contributed by atoms with van der Waals surface area (Å²) in [7, 11) is 0. The molecule has 1 aromatic heterocycles. The Morgan fingerprint density at radius 1 is 1.15 bits per heavy atom. The van der Waals surface area contributed by atoms with Gasteiger partial charge in [0.05, 0.1) is 6.20 Å². The molecule has 1 heterocycles. The fourth-order valence-electron chi connectivity index (χ4n) is 1.63. The summed E-state index contributed by atoms with van der Waals surface area (Å²) >= 11 is 0. The van der Waals surface area contributed by atoms with E-state index in [1.165, 1.54) is 25.5 Å². The molecule has 1 aromatic carbocycles. The third-order valence-corrected chi connectivity index (χ3v) is 2.76. The summed E-state index contributed by atoms with van der Waals surface area (Å²) in [4.78, 5) is 31.5. The van der Waals surface area contributed by atoms with Crippen molar-refractivity contribution in [3.8, 4) is 0 Å². The Morgan fingerprint density at radius 3 is 2.45 bits per heavy atom. The average Bonchev–Trinajstić information content (AvgIpc) is 2.48. The second-order valence-electron chi connectivity index (χ2n) is 4.37. The van der Waals surface area contributed by atoms with Gasteiger partial charge in [0.2, 0.25) is 5.78 Å². The zero-order chi connectivity index (χ0) is 14.5. The number of rotatable bonds is 4. The molecular formula is C15H14N2O3. The molecule has 5 heteroatoms. The van der Waals surface area contributed by atoms with Crippen molar-refractivity contribution in [2.45, 2.75) is 20.0 Å². The van der Waals surface area contributed by atoms with E-state index in [0.29, 0.717) is 5.56 Å². The van der Waals surface area contributed by atoms with E-state index in [1.54, 1.807) is 12.1 Å². The van der Waals surface area contributed by atoms with Gasteiger partial charge in [-0.25, -0.2) is 9.78 Å². The van der Waals surface area contributed by atoms with Gasteiger partial charge < -0.3 is 4.74 Å². The van der Waals surface area contributed by atoms with Crippen LogP contribution in [0.4, 0.5) is 0 Å². The van der Waals surface area contributed by atoms with Crippen molar-refractivity contribution in [1.82, 2.24) is 9.97 Å². The normalized spacial score (nSPS) is 11.7. The van der Waals surface area contributed by atoms with Crippen LogP contribution < -0.4 is 0 Å². The molecule has 5 nitrogen and oxygen atoms in total. The largest absolute Gasteiger partial charge is 0.449 e. The van der Waals surface area contributed by atoms with Gasteiger partial charge >= 0.3 is 5.97 Å². The highest BCUT2D eigenvalue weighted by Gasteiger charge is 2.20. The average molecular weight is 270 g/mol. The summed E-state index contributed by atoms with van der Waals surface area (Å²) in [6.45, 7) is 3.47. The lowest BCUT2D eigenvalue weighted by Gasteiger charge is -2.11. The van der Waals surface area contributed by atoms with Crippen LogP contribution in [0.2, 0.25) is 0 Å². The molecule has 0 amide bonds. The van der Waals surface area contributed by atoms with E-state index in [4.69, 9.17) is 4.74 Å². The van der Waals surface area contributed by atoms with Gasteiger partial charge in [-0.3, -0.25) is 9.78 Å². The van der Waals surface area contributed by atoms with Crippen LogP contribution in [-0.4, -0.2) is 27.8 Å². The predicted molar refractivity (Wildman–Crippen MR) is 72.4 cm³/mol. The van der Waals surface area contributed by atoms with Crippen molar-refractivity contribution in [2.75, 3.05) is 0 Å². The summed E-state index contributed by atoms with van der Waals surface area (Å²) in [6.07, 6.45) is 3.28. The van der Waals surface area contributed by atoms with E-state index in [2.05, 4.69) is 9.97 Å². The highest BCUT2D eigenvalue weighted by molar-refractivity contribution is 6.01. The summed E-state index contributed by atoms with van der Waals surface area (Å²) in [6, 6.07) is 7.10. The molecule has 1 atom stereocenters. The number of hydrogen-bond donors (Lipinski definition) is 0. The van der Waals surface area contributed by atoms with E-state index in [1.807, 2.05) is 19.1 Å². The number of aromatic nitrogens is 2. The molecule has 0 saturated carbocycles. The Kier molecular flexibility index (Phi) is 4.20. The first-order valence-corrected chi connectivity index (χ1v) is 6.16. The van der Waals surface area contributed by atoms with Crippen LogP contribution in [0.25, 0.3) is 0 Å². The summed E-state index contributed by atoms with van der Waals surface area (Å²) < 4.78 is 5.09. The number of carbonyl (C=O) groups excluding carboxylic acids is 2. The number of nitrogens with zero attached hydrogens (tertiary/aromatic N) is 2. The molecule has 0 aliphatic rings. The summed E-state index contributed by atoms with van der Waals surface area (Å²) in [5, 5.41) is 0. The molecule has 0 saturated heterocycles.